The molecule has 25 heavy (non-hydrogen) atoms. The van der Waals surface area contributed by atoms with E-state index < -0.39 is 27.6 Å². The summed E-state index contributed by atoms with van der Waals surface area (Å²) in [7, 11) is 0. The number of nitriles is 2. The molecule has 126 valence electrons. The van der Waals surface area contributed by atoms with Crippen molar-refractivity contribution in [3.63, 3.8) is 0 Å². The number of aliphatic imine (C=N–C) groups is 1. The second-order valence-corrected chi connectivity index (χ2v) is 6.42. The highest BCUT2D eigenvalue weighted by Gasteiger charge is 2.94. The molecule has 0 bridgehead atoms. The van der Waals surface area contributed by atoms with Gasteiger partial charge in [-0.15, -0.1) is 0 Å². The maximum absolute atomic E-state index is 10.9. The molecule has 10 heteroatoms. The van der Waals surface area contributed by atoms with Gasteiger partial charge in [-0.1, -0.05) is 17.7 Å². The Balaban J connectivity index is 1.91. The number of nitrogens with two attached hydrogens (primary N) is 1. The molecule has 2 N–H and O–H groups in total. The first kappa shape index (κ1) is 15.8. The normalized spacial score (nSPS) is 34.0. The molecule has 9 nitrogen and oxygen atoms in total. The van der Waals surface area contributed by atoms with Crippen molar-refractivity contribution >= 4 is 23.1 Å². The van der Waals surface area contributed by atoms with Crippen LogP contribution in [0.4, 0.5) is 5.69 Å². The van der Waals surface area contributed by atoms with Crippen LogP contribution >= 0.6 is 11.6 Å². The maximum atomic E-state index is 10.9. The van der Waals surface area contributed by atoms with Crippen molar-refractivity contribution in [3.8, 4) is 12.1 Å². The van der Waals surface area contributed by atoms with Gasteiger partial charge in [-0.2, -0.15) is 10.5 Å². The molecule has 0 radical (unpaired) electrons. The number of non-ortho nitro benzene ring substituents is 1. The zero-order valence-electron chi connectivity index (χ0n) is 12.6. The van der Waals surface area contributed by atoms with E-state index in [-0.39, 0.29) is 29.8 Å². The first-order valence-electron chi connectivity index (χ1n) is 7.30. The zero-order valence-corrected chi connectivity index (χ0v) is 13.4. The second kappa shape index (κ2) is 4.67. The summed E-state index contributed by atoms with van der Waals surface area (Å²) >= 11 is 6.22. The minimum absolute atomic E-state index is 0.0575. The number of ether oxygens (including phenoxy) is 2. The predicted octanol–water partition coefficient (Wildman–Crippen LogP) is 1.44. The summed E-state index contributed by atoms with van der Waals surface area (Å²) < 4.78 is 11.2. The van der Waals surface area contributed by atoms with Crippen LogP contribution < -0.4 is 5.73 Å². The van der Waals surface area contributed by atoms with Crippen molar-refractivity contribution in [2.75, 3.05) is 13.2 Å². The second-order valence-electron chi connectivity index (χ2n) is 6.01. The molecule has 2 aliphatic heterocycles. The fourth-order valence-corrected chi connectivity index (χ4v) is 4.33. The van der Waals surface area contributed by atoms with Gasteiger partial charge in [0.1, 0.15) is 11.3 Å². The van der Waals surface area contributed by atoms with Gasteiger partial charge in [0.05, 0.1) is 35.3 Å². The van der Waals surface area contributed by atoms with Gasteiger partial charge in [0.2, 0.25) is 0 Å². The minimum atomic E-state index is -1.66. The Morgan fingerprint density at radius 1 is 1.36 bits per heavy atom. The SMILES string of the molecule is N#C[C@@]12C(N)=NC3(OCCO3)[C@]1(C#N)[C@H]2c1ccc([N+](=O)[O-])cc1Cl. The Kier molecular flexibility index (Phi) is 2.95. The molecule has 3 aliphatic rings. The average Bonchev–Trinajstić information content (AvgIpc) is 2.82. The number of fused-ring (bicyclic) bond motifs is 2. The molecule has 1 saturated heterocycles. The van der Waals surface area contributed by atoms with E-state index in [0.29, 0.717) is 5.56 Å². The summed E-state index contributed by atoms with van der Waals surface area (Å²) in [6.45, 7) is 0.421. The molecule has 2 fully saturated rings. The number of amidine groups is 1. The predicted molar refractivity (Wildman–Crippen MR) is 83.2 cm³/mol. The van der Waals surface area contributed by atoms with Gasteiger partial charge >= 0.3 is 0 Å². The Morgan fingerprint density at radius 3 is 2.56 bits per heavy atom. The van der Waals surface area contributed by atoms with Gasteiger partial charge < -0.3 is 15.2 Å². The van der Waals surface area contributed by atoms with Crippen LogP contribution in [0.25, 0.3) is 0 Å². The monoisotopic (exact) mass is 359 g/mol. The van der Waals surface area contributed by atoms with E-state index in [1.165, 1.54) is 18.2 Å². The maximum Gasteiger partial charge on any atom is 0.293 e. The van der Waals surface area contributed by atoms with Crippen LogP contribution in [-0.2, 0) is 9.47 Å². The van der Waals surface area contributed by atoms with Crippen LogP contribution in [-0.4, -0.2) is 29.9 Å². The van der Waals surface area contributed by atoms with Gasteiger partial charge in [0, 0.05) is 18.1 Å². The minimum Gasteiger partial charge on any atom is -0.386 e. The highest BCUT2D eigenvalue weighted by atomic mass is 35.5. The number of nitrogens with zero attached hydrogens (tertiary/aromatic N) is 4. The van der Waals surface area contributed by atoms with Crippen molar-refractivity contribution < 1.29 is 14.4 Å². The third kappa shape index (κ3) is 1.51. The van der Waals surface area contributed by atoms with Crippen molar-refractivity contribution in [2.24, 2.45) is 21.6 Å². The molecule has 1 aromatic rings. The van der Waals surface area contributed by atoms with E-state index in [2.05, 4.69) is 17.1 Å². The van der Waals surface area contributed by atoms with E-state index in [4.69, 9.17) is 26.8 Å². The van der Waals surface area contributed by atoms with Crippen molar-refractivity contribution in [3.05, 3.63) is 38.9 Å². The average molecular weight is 360 g/mol. The van der Waals surface area contributed by atoms with Crippen LogP contribution in [0.15, 0.2) is 23.2 Å². The van der Waals surface area contributed by atoms with Crippen LogP contribution in [0.3, 0.4) is 0 Å². The van der Waals surface area contributed by atoms with Gasteiger partial charge in [0.15, 0.2) is 5.41 Å². The lowest BCUT2D eigenvalue weighted by atomic mass is 9.94. The largest absolute Gasteiger partial charge is 0.386 e. The van der Waals surface area contributed by atoms with Gasteiger partial charge in [0.25, 0.3) is 11.6 Å². The van der Waals surface area contributed by atoms with Crippen molar-refractivity contribution in [1.29, 1.82) is 10.5 Å². The molecule has 1 saturated carbocycles. The third-order valence-corrected chi connectivity index (χ3v) is 5.44. The Morgan fingerprint density at radius 2 is 2.04 bits per heavy atom. The van der Waals surface area contributed by atoms with Gasteiger partial charge in [-0.25, -0.2) is 4.99 Å². The summed E-state index contributed by atoms with van der Waals surface area (Å²) in [6.07, 6.45) is 0. The highest BCUT2D eigenvalue weighted by Crippen LogP contribution is 2.82. The Bertz CT molecular complexity index is 929. The molecule has 1 aromatic carbocycles. The molecule has 0 amide bonds. The summed E-state index contributed by atoms with van der Waals surface area (Å²) in [6, 6.07) is 8.08. The third-order valence-electron chi connectivity index (χ3n) is 5.11. The Labute approximate surface area is 146 Å². The first-order valence-corrected chi connectivity index (χ1v) is 7.68. The van der Waals surface area contributed by atoms with Crippen LogP contribution in [0, 0.1) is 43.6 Å². The van der Waals surface area contributed by atoms with Crippen molar-refractivity contribution in [2.45, 2.75) is 11.8 Å². The fraction of sp³-hybridized carbons (Fsp3) is 0.400. The van der Waals surface area contributed by atoms with Gasteiger partial charge in [-0.05, 0) is 5.56 Å². The molecule has 4 rings (SSSR count). The molecule has 1 aliphatic carbocycles. The lowest BCUT2D eigenvalue weighted by molar-refractivity contribution is -0.384. The molecular weight excluding hydrogens is 350 g/mol. The smallest absolute Gasteiger partial charge is 0.293 e. The fourth-order valence-electron chi connectivity index (χ4n) is 4.05. The van der Waals surface area contributed by atoms with Crippen LogP contribution in [0.2, 0.25) is 5.02 Å². The van der Waals surface area contributed by atoms with Crippen LogP contribution in [0.5, 0.6) is 0 Å². The summed E-state index contributed by atoms with van der Waals surface area (Å²) in [5, 5.41) is 30.7. The van der Waals surface area contributed by atoms with Crippen LogP contribution in [0.1, 0.15) is 11.5 Å². The number of benzene rings is 1. The number of halogens is 1. The molecule has 0 aromatic heterocycles. The molecule has 1 spiro atoms. The topological polar surface area (TPSA) is 148 Å². The lowest BCUT2D eigenvalue weighted by Crippen LogP contribution is -2.38. The zero-order chi connectivity index (χ0) is 18.0. The summed E-state index contributed by atoms with van der Waals surface area (Å²) in [5.41, 5.74) is 3.26. The quantitative estimate of drug-likeness (QED) is 0.620. The van der Waals surface area contributed by atoms with E-state index in [1.807, 2.05) is 0 Å². The molecule has 2 heterocycles. The number of rotatable bonds is 2. The number of nitro benzene ring substituents is 1. The lowest BCUT2D eigenvalue weighted by Gasteiger charge is -2.25. The van der Waals surface area contributed by atoms with E-state index >= 15 is 0 Å². The van der Waals surface area contributed by atoms with E-state index in [9.17, 15) is 20.6 Å². The summed E-state index contributed by atoms with van der Waals surface area (Å²) in [5.74, 6) is -2.48. The van der Waals surface area contributed by atoms with E-state index in [0.717, 1.165) is 0 Å². The number of hydrogen-bond acceptors (Lipinski definition) is 8. The number of nitro groups is 1. The first-order chi connectivity index (χ1) is 11.9. The number of hydrogen-bond donors (Lipinski definition) is 1. The van der Waals surface area contributed by atoms with Crippen molar-refractivity contribution in [1.82, 2.24) is 0 Å². The highest BCUT2D eigenvalue weighted by molar-refractivity contribution is 6.31. The van der Waals surface area contributed by atoms with Gasteiger partial charge in [-0.3, -0.25) is 10.1 Å². The summed E-state index contributed by atoms with van der Waals surface area (Å²) in [4.78, 5) is 14.5. The van der Waals surface area contributed by atoms with E-state index in [1.54, 1.807) is 0 Å². The standard InChI is InChI=1S/C15H10ClN5O4/c16-10-5-8(21(22)23)1-2-9(10)11-13(6-17)12(19)20-15(14(11,13)7-18)24-3-4-25-15/h1-2,5,11H,3-4H2,(H2,19,20)/t11-,13+,14+/m0/s1. The Hall–Kier alpha value is -2.72. The molecule has 3 atom stereocenters. The molecular formula is C15H10ClN5O4. The molecule has 0 unspecified atom stereocenters.